The third-order valence-corrected chi connectivity index (χ3v) is 2.97. The molecule has 0 aliphatic carbocycles. The summed E-state index contributed by atoms with van der Waals surface area (Å²) in [6.07, 6.45) is 0.877. The van der Waals surface area contributed by atoms with Crippen LogP contribution in [0.15, 0.2) is 24.3 Å². The molecule has 0 saturated heterocycles. The van der Waals surface area contributed by atoms with Crippen LogP contribution >= 0.6 is 0 Å². The topological polar surface area (TPSA) is 58.6 Å². The molecule has 0 spiro atoms. The number of carboxylic acid groups (broad SMARTS) is 1. The summed E-state index contributed by atoms with van der Waals surface area (Å²) in [5.74, 6) is 0.104. The van der Waals surface area contributed by atoms with Crippen LogP contribution in [0.25, 0.3) is 0 Å². The van der Waals surface area contributed by atoms with Crippen LogP contribution in [0.2, 0.25) is 0 Å². The van der Waals surface area contributed by atoms with Crippen molar-refractivity contribution in [3.05, 3.63) is 29.8 Å². The Kier molecular flexibility index (Phi) is 5.83. The molecule has 4 heteroatoms. The van der Waals surface area contributed by atoms with Gasteiger partial charge in [-0.2, -0.15) is 0 Å². The Morgan fingerprint density at radius 1 is 1.32 bits per heavy atom. The zero-order chi connectivity index (χ0) is 14.3. The van der Waals surface area contributed by atoms with Crippen molar-refractivity contribution in [2.24, 2.45) is 5.41 Å². The predicted molar refractivity (Wildman–Crippen MR) is 75.6 cm³/mol. The molecule has 0 unspecified atom stereocenters. The van der Waals surface area contributed by atoms with Gasteiger partial charge in [-0.1, -0.05) is 12.1 Å². The second-order valence-electron chi connectivity index (χ2n) is 5.19. The number of carbonyl (C=O) groups is 1. The molecular weight excluding hydrogens is 242 g/mol. The van der Waals surface area contributed by atoms with Crippen molar-refractivity contribution in [1.29, 1.82) is 0 Å². The van der Waals surface area contributed by atoms with Crippen molar-refractivity contribution in [2.45, 2.75) is 27.2 Å². The molecule has 0 bridgehead atoms. The van der Waals surface area contributed by atoms with Gasteiger partial charge in [0.05, 0.1) is 12.0 Å². The highest BCUT2D eigenvalue weighted by molar-refractivity contribution is 5.73. The second-order valence-corrected chi connectivity index (χ2v) is 5.19. The Morgan fingerprint density at radius 2 is 1.95 bits per heavy atom. The number of aliphatic carboxylic acids is 1. The number of hydrogen-bond acceptors (Lipinski definition) is 3. The second kappa shape index (κ2) is 7.14. The molecule has 0 aliphatic heterocycles. The van der Waals surface area contributed by atoms with Crippen LogP contribution in [0.1, 0.15) is 26.3 Å². The van der Waals surface area contributed by atoms with Crippen molar-refractivity contribution in [2.75, 3.05) is 19.7 Å². The lowest BCUT2D eigenvalue weighted by Crippen LogP contribution is -2.36. The van der Waals surface area contributed by atoms with Gasteiger partial charge in [0.1, 0.15) is 5.75 Å². The molecule has 0 radical (unpaired) electrons. The zero-order valence-electron chi connectivity index (χ0n) is 11.9. The molecule has 4 nitrogen and oxygen atoms in total. The highest BCUT2D eigenvalue weighted by atomic mass is 16.5. The Hall–Kier alpha value is -1.55. The maximum atomic E-state index is 10.9. The predicted octanol–water partition coefficient (Wildman–Crippen LogP) is 2.33. The smallest absolute Gasteiger partial charge is 0.310 e. The molecule has 1 aromatic carbocycles. The van der Waals surface area contributed by atoms with Crippen LogP contribution in [-0.4, -0.2) is 30.8 Å². The van der Waals surface area contributed by atoms with Gasteiger partial charge in [0, 0.05) is 6.54 Å². The first-order valence-corrected chi connectivity index (χ1v) is 6.61. The fourth-order valence-electron chi connectivity index (χ4n) is 1.63. The summed E-state index contributed by atoms with van der Waals surface area (Å²) in [6.45, 7) is 7.32. The molecule has 2 N–H and O–H groups in total. The summed E-state index contributed by atoms with van der Waals surface area (Å²) < 4.78 is 5.38. The van der Waals surface area contributed by atoms with Crippen molar-refractivity contribution in [3.8, 4) is 5.75 Å². The normalized spacial score (nSPS) is 11.3. The molecule has 0 fully saturated rings. The first-order chi connectivity index (χ1) is 8.95. The van der Waals surface area contributed by atoms with E-state index in [4.69, 9.17) is 9.84 Å². The summed E-state index contributed by atoms with van der Waals surface area (Å²) in [7, 11) is 0. The third-order valence-electron chi connectivity index (χ3n) is 2.97. The van der Waals surface area contributed by atoms with Crippen LogP contribution < -0.4 is 10.1 Å². The minimum atomic E-state index is -0.777. The van der Waals surface area contributed by atoms with E-state index in [0.717, 1.165) is 18.7 Å². The van der Waals surface area contributed by atoms with Gasteiger partial charge in [-0.15, -0.1) is 0 Å². The van der Waals surface area contributed by atoms with Crippen LogP contribution in [0.3, 0.4) is 0 Å². The SMILES string of the molecule is CCOc1ccc(CCNCC(C)(C)C(=O)O)cc1. The van der Waals surface area contributed by atoms with Gasteiger partial charge >= 0.3 is 5.97 Å². The van der Waals surface area contributed by atoms with Crippen LogP contribution in [-0.2, 0) is 11.2 Å². The zero-order valence-corrected chi connectivity index (χ0v) is 11.9. The lowest BCUT2D eigenvalue weighted by molar-refractivity contribution is -0.146. The van der Waals surface area contributed by atoms with Gasteiger partial charge in [0.25, 0.3) is 0 Å². The van der Waals surface area contributed by atoms with E-state index in [0.29, 0.717) is 13.2 Å². The van der Waals surface area contributed by atoms with E-state index in [2.05, 4.69) is 5.32 Å². The van der Waals surface area contributed by atoms with Gasteiger partial charge in [0.2, 0.25) is 0 Å². The Bertz CT molecular complexity index is 398. The van der Waals surface area contributed by atoms with Crippen molar-refractivity contribution >= 4 is 5.97 Å². The molecule has 1 aromatic rings. The highest BCUT2D eigenvalue weighted by Gasteiger charge is 2.26. The van der Waals surface area contributed by atoms with Crippen molar-refractivity contribution in [1.82, 2.24) is 5.32 Å². The van der Waals surface area contributed by atoms with E-state index < -0.39 is 11.4 Å². The monoisotopic (exact) mass is 265 g/mol. The van der Waals surface area contributed by atoms with E-state index in [1.54, 1.807) is 13.8 Å². The molecule has 106 valence electrons. The van der Waals surface area contributed by atoms with Crippen LogP contribution in [0.5, 0.6) is 5.75 Å². The minimum Gasteiger partial charge on any atom is -0.494 e. The van der Waals surface area contributed by atoms with E-state index in [1.807, 2.05) is 31.2 Å². The maximum Gasteiger partial charge on any atom is 0.310 e. The van der Waals surface area contributed by atoms with Gasteiger partial charge in [-0.25, -0.2) is 0 Å². The summed E-state index contributed by atoms with van der Waals surface area (Å²) in [5, 5.41) is 12.2. The molecule has 1 rings (SSSR count). The molecule has 0 heterocycles. The van der Waals surface area contributed by atoms with Gasteiger partial charge < -0.3 is 15.2 Å². The van der Waals surface area contributed by atoms with Gasteiger partial charge in [-0.05, 0) is 51.4 Å². The Labute approximate surface area is 114 Å². The standard InChI is InChI=1S/C15H23NO3/c1-4-19-13-7-5-12(6-8-13)9-10-16-11-15(2,3)14(17)18/h5-8,16H,4,9-11H2,1-3H3,(H,17,18). The van der Waals surface area contributed by atoms with E-state index in [-0.39, 0.29) is 0 Å². The van der Waals surface area contributed by atoms with Crippen LogP contribution in [0, 0.1) is 5.41 Å². The average molecular weight is 265 g/mol. The fourth-order valence-corrected chi connectivity index (χ4v) is 1.63. The fraction of sp³-hybridized carbons (Fsp3) is 0.533. The van der Waals surface area contributed by atoms with E-state index >= 15 is 0 Å². The molecule has 19 heavy (non-hydrogen) atoms. The van der Waals surface area contributed by atoms with Gasteiger partial charge in [0.15, 0.2) is 0 Å². The lowest BCUT2D eigenvalue weighted by Gasteiger charge is -2.19. The number of nitrogens with one attached hydrogen (secondary N) is 1. The average Bonchev–Trinajstić information content (AvgIpc) is 2.37. The number of rotatable bonds is 8. The summed E-state index contributed by atoms with van der Waals surface area (Å²) in [4.78, 5) is 10.9. The number of benzene rings is 1. The third kappa shape index (κ3) is 5.30. The molecule has 0 aromatic heterocycles. The molecule has 0 aliphatic rings. The van der Waals surface area contributed by atoms with Gasteiger partial charge in [-0.3, -0.25) is 4.79 Å². The summed E-state index contributed by atoms with van der Waals surface area (Å²) in [6, 6.07) is 7.99. The van der Waals surface area contributed by atoms with E-state index in [9.17, 15) is 4.79 Å². The lowest BCUT2D eigenvalue weighted by atomic mass is 9.94. The first kappa shape index (κ1) is 15.5. The minimum absolute atomic E-state index is 0.472. The Balaban J connectivity index is 2.31. The molecule has 0 atom stereocenters. The summed E-state index contributed by atoms with van der Waals surface area (Å²) >= 11 is 0. The number of ether oxygens (including phenoxy) is 1. The Morgan fingerprint density at radius 3 is 2.47 bits per heavy atom. The molecule has 0 amide bonds. The van der Waals surface area contributed by atoms with Crippen molar-refractivity contribution in [3.63, 3.8) is 0 Å². The number of hydrogen-bond donors (Lipinski definition) is 2. The first-order valence-electron chi connectivity index (χ1n) is 6.61. The largest absolute Gasteiger partial charge is 0.494 e. The quantitative estimate of drug-likeness (QED) is 0.708. The molecule has 0 saturated carbocycles. The van der Waals surface area contributed by atoms with Crippen LogP contribution in [0.4, 0.5) is 0 Å². The maximum absolute atomic E-state index is 10.9. The van der Waals surface area contributed by atoms with E-state index in [1.165, 1.54) is 5.56 Å². The highest BCUT2D eigenvalue weighted by Crippen LogP contribution is 2.14. The molecular formula is C15H23NO3. The number of carboxylic acids is 1. The summed E-state index contributed by atoms with van der Waals surface area (Å²) in [5.41, 5.74) is 0.489. The van der Waals surface area contributed by atoms with Crippen molar-refractivity contribution < 1.29 is 14.6 Å².